The van der Waals surface area contributed by atoms with E-state index in [0.717, 1.165) is 25.3 Å². The average Bonchev–Trinajstić information content (AvgIpc) is 2.25. The van der Waals surface area contributed by atoms with Crippen molar-refractivity contribution in [3.05, 3.63) is 0 Å². The molecule has 0 saturated carbocycles. The molecule has 0 rings (SSSR count). The van der Waals surface area contributed by atoms with E-state index >= 15 is 0 Å². The quantitative estimate of drug-likeness (QED) is 0.579. The van der Waals surface area contributed by atoms with Crippen molar-refractivity contribution in [3.8, 4) is 0 Å². The summed E-state index contributed by atoms with van der Waals surface area (Å²) in [6.07, 6.45) is 4.55. The minimum absolute atomic E-state index is 0.264. The zero-order chi connectivity index (χ0) is 12.8. The lowest BCUT2D eigenvalue weighted by atomic mass is 9.78. The van der Waals surface area contributed by atoms with Gasteiger partial charge in [0.15, 0.2) is 0 Å². The van der Waals surface area contributed by atoms with E-state index in [-0.39, 0.29) is 5.41 Å². The molecule has 0 aliphatic heterocycles. The van der Waals surface area contributed by atoms with E-state index in [1.54, 1.807) is 0 Å². The summed E-state index contributed by atoms with van der Waals surface area (Å²) in [6.45, 7) is 14.1. The van der Waals surface area contributed by atoms with Crippen molar-refractivity contribution in [1.29, 1.82) is 0 Å². The summed E-state index contributed by atoms with van der Waals surface area (Å²) in [6, 6.07) is 0.306. The van der Waals surface area contributed by atoms with Gasteiger partial charge in [0, 0.05) is 12.6 Å². The van der Waals surface area contributed by atoms with E-state index < -0.39 is 0 Å². The third kappa shape index (κ3) is 5.00. The van der Waals surface area contributed by atoms with Crippen molar-refractivity contribution in [2.45, 2.75) is 66.8 Å². The average molecular weight is 227 g/mol. The van der Waals surface area contributed by atoms with Crippen LogP contribution in [0.3, 0.4) is 0 Å². The SMILES string of the molecule is CCC(C)CC(C)(CC)CN(C=O)C(C)C. The largest absolute Gasteiger partial charge is 0.342 e. The lowest BCUT2D eigenvalue weighted by Crippen LogP contribution is -2.39. The molecule has 0 aromatic rings. The van der Waals surface area contributed by atoms with E-state index in [1.807, 2.05) is 4.90 Å². The Morgan fingerprint density at radius 2 is 1.81 bits per heavy atom. The molecule has 2 atom stereocenters. The molecule has 0 fully saturated rings. The van der Waals surface area contributed by atoms with Gasteiger partial charge in [0.2, 0.25) is 6.41 Å². The summed E-state index contributed by atoms with van der Waals surface area (Å²) in [4.78, 5) is 12.9. The van der Waals surface area contributed by atoms with Crippen molar-refractivity contribution in [2.24, 2.45) is 11.3 Å². The number of hydrogen-bond acceptors (Lipinski definition) is 1. The lowest BCUT2D eigenvalue weighted by Gasteiger charge is -2.36. The minimum Gasteiger partial charge on any atom is -0.342 e. The summed E-state index contributed by atoms with van der Waals surface area (Å²) in [5.74, 6) is 0.741. The molecular formula is C14H29NO. The first-order chi connectivity index (χ1) is 7.38. The van der Waals surface area contributed by atoms with Gasteiger partial charge in [0.1, 0.15) is 0 Å². The van der Waals surface area contributed by atoms with Crippen LogP contribution >= 0.6 is 0 Å². The topological polar surface area (TPSA) is 20.3 Å². The summed E-state index contributed by atoms with van der Waals surface area (Å²) < 4.78 is 0. The van der Waals surface area contributed by atoms with Crippen LogP contribution in [0.4, 0.5) is 0 Å². The molecule has 96 valence electrons. The zero-order valence-corrected chi connectivity index (χ0v) is 11.9. The molecule has 0 spiro atoms. The fraction of sp³-hybridized carbons (Fsp3) is 0.929. The summed E-state index contributed by atoms with van der Waals surface area (Å²) in [5, 5.41) is 0. The van der Waals surface area contributed by atoms with Crippen molar-refractivity contribution >= 4 is 6.41 Å². The number of carbonyl (C=O) groups is 1. The van der Waals surface area contributed by atoms with Gasteiger partial charge in [0.25, 0.3) is 0 Å². The van der Waals surface area contributed by atoms with Gasteiger partial charge in [-0.15, -0.1) is 0 Å². The van der Waals surface area contributed by atoms with Crippen LogP contribution in [-0.2, 0) is 4.79 Å². The van der Waals surface area contributed by atoms with Gasteiger partial charge in [-0.3, -0.25) is 4.79 Å². The van der Waals surface area contributed by atoms with Gasteiger partial charge < -0.3 is 4.90 Å². The maximum absolute atomic E-state index is 11.0. The Balaban J connectivity index is 4.50. The van der Waals surface area contributed by atoms with Crippen LogP contribution in [-0.4, -0.2) is 23.9 Å². The van der Waals surface area contributed by atoms with Crippen LogP contribution in [0.5, 0.6) is 0 Å². The van der Waals surface area contributed by atoms with E-state index in [0.29, 0.717) is 6.04 Å². The fourth-order valence-electron chi connectivity index (χ4n) is 2.09. The Labute approximate surface area is 101 Å². The minimum atomic E-state index is 0.264. The normalized spacial score (nSPS) is 16.9. The molecule has 0 aromatic carbocycles. The highest BCUT2D eigenvalue weighted by molar-refractivity contribution is 5.47. The highest BCUT2D eigenvalue weighted by Crippen LogP contribution is 2.32. The highest BCUT2D eigenvalue weighted by Gasteiger charge is 2.27. The predicted molar refractivity (Wildman–Crippen MR) is 70.4 cm³/mol. The van der Waals surface area contributed by atoms with Crippen molar-refractivity contribution in [2.75, 3.05) is 6.54 Å². The summed E-state index contributed by atoms with van der Waals surface area (Å²) in [7, 11) is 0. The third-order valence-electron chi connectivity index (χ3n) is 3.75. The number of nitrogens with zero attached hydrogens (tertiary/aromatic N) is 1. The van der Waals surface area contributed by atoms with Gasteiger partial charge in [-0.1, -0.05) is 34.1 Å². The summed E-state index contributed by atoms with van der Waals surface area (Å²) >= 11 is 0. The fourth-order valence-corrected chi connectivity index (χ4v) is 2.09. The lowest BCUT2D eigenvalue weighted by molar-refractivity contribution is -0.121. The highest BCUT2D eigenvalue weighted by atomic mass is 16.1. The van der Waals surface area contributed by atoms with E-state index in [1.165, 1.54) is 12.8 Å². The van der Waals surface area contributed by atoms with Crippen molar-refractivity contribution in [3.63, 3.8) is 0 Å². The molecule has 0 bridgehead atoms. The first-order valence-electron chi connectivity index (χ1n) is 6.59. The zero-order valence-electron chi connectivity index (χ0n) is 11.9. The van der Waals surface area contributed by atoms with Crippen molar-refractivity contribution in [1.82, 2.24) is 4.90 Å². The Bertz CT molecular complexity index is 203. The molecule has 0 aliphatic rings. The molecule has 0 aliphatic carbocycles. The standard InChI is InChI=1S/C14H29NO/c1-7-13(5)9-14(6,8-2)10-15(11-16)12(3)4/h11-13H,7-10H2,1-6H3. The Morgan fingerprint density at radius 3 is 2.12 bits per heavy atom. The van der Waals surface area contributed by atoms with Crippen LogP contribution in [0.25, 0.3) is 0 Å². The van der Waals surface area contributed by atoms with Crippen LogP contribution in [0, 0.1) is 11.3 Å². The second kappa shape index (κ2) is 6.93. The molecule has 16 heavy (non-hydrogen) atoms. The molecule has 2 nitrogen and oxygen atoms in total. The van der Waals surface area contributed by atoms with Crippen LogP contribution in [0.15, 0.2) is 0 Å². The number of carbonyl (C=O) groups excluding carboxylic acids is 1. The molecule has 0 aromatic heterocycles. The summed E-state index contributed by atoms with van der Waals surface area (Å²) in [5.41, 5.74) is 0.264. The Kier molecular flexibility index (Phi) is 6.70. The van der Waals surface area contributed by atoms with Gasteiger partial charge in [-0.25, -0.2) is 0 Å². The number of hydrogen-bond donors (Lipinski definition) is 0. The molecule has 2 unspecified atom stereocenters. The third-order valence-corrected chi connectivity index (χ3v) is 3.75. The second-order valence-corrected chi connectivity index (χ2v) is 5.75. The van der Waals surface area contributed by atoms with Crippen LogP contribution in [0.2, 0.25) is 0 Å². The van der Waals surface area contributed by atoms with E-state index in [9.17, 15) is 4.79 Å². The van der Waals surface area contributed by atoms with Crippen LogP contribution in [0.1, 0.15) is 60.8 Å². The Hall–Kier alpha value is -0.530. The maximum Gasteiger partial charge on any atom is 0.209 e. The molecule has 0 saturated heterocycles. The van der Waals surface area contributed by atoms with Crippen molar-refractivity contribution < 1.29 is 4.79 Å². The molecule has 0 heterocycles. The molecule has 2 heteroatoms. The maximum atomic E-state index is 11.0. The predicted octanol–water partition coefficient (Wildman–Crippen LogP) is 3.71. The smallest absolute Gasteiger partial charge is 0.209 e. The van der Waals surface area contributed by atoms with Gasteiger partial charge in [-0.2, -0.15) is 0 Å². The van der Waals surface area contributed by atoms with Gasteiger partial charge >= 0.3 is 0 Å². The van der Waals surface area contributed by atoms with Crippen LogP contribution < -0.4 is 0 Å². The number of amides is 1. The van der Waals surface area contributed by atoms with Gasteiger partial charge in [0.05, 0.1) is 0 Å². The van der Waals surface area contributed by atoms with E-state index in [2.05, 4.69) is 41.5 Å². The Morgan fingerprint density at radius 1 is 1.25 bits per heavy atom. The molecule has 0 N–H and O–H groups in total. The first-order valence-corrected chi connectivity index (χ1v) is 6.59. The monoisotopic (exact) mass is 227 g/mol. The molecular weight excluding hydrogens is 198 g/mol. The number of rotatable bonds is 8. The first kappa shape index (κ1) is 15.5. The molecule has 0 radical (unpaired) electrons. The second-order valence-electron chi connectivity index (χ2n) is 5.75. The van der Waals surface area contributed by atoms with Gasteiger partial charge in [-0.05, 0) is 38.0 Å². The van der Waals surface area contributed by atoms with E-state index in [4.69, 9.17) is 0 Å². The molecule has 1 amide bonds.